The second kappa shape index (κ2) is 8.76. The van der Waals surface area contributed by atoms with Crippen molar-refractivity contribution < 1.29 is 17.6 Å². The molecule has 9 heteroatoms. The molecule has 0 atom stereocenters. The summed E-state index contributed by atoms with van der Waals surface area (Å²) in [6, 6.07) is 13.8. The van der Waals surface area contributed by atoms with Gasteiger partial charge >= 0.3 is 0 Å². The topological polar surface area (TPSA) is 80.2 Å². The van der Waals surface area contributed by atoms with Crippen LogP contribution in [-0.2, 0) is 16.4 Å². The number of aromatic nitrogens is 2. The summed E-state index contributed by atoms with van der Waals surface area (Å²) in [5.74, 6) is -0.721. The van der Waals surface area contributed by atoms with Gasteiger partial charge in [0.15, 0.2) is 15.0 Å². The number of hydrogen-bond donors (Lipinski definition) is 0. The predicted molar refractivity (Wildman–Crippen MR) is 123 cm³/mol. The van der Waals surface area contributed by atoms with Crippen molar-refractivity contribution in [2.75, 3.05) is 4.90 Å². The Bertz CT molecular complexity index is 1370. The quantitative estimate of drug-likeness (QED) is 0.403. The smallest absolute Gasteiger partial charge is 0.260 e. The van der Waals surface area contributed by atoms with E-state index in [4.69, 9.17) is 0 Å². The molecule has 2 aromatic heterocycles. The zero-order valence-electron chi connectivity index (χ0n) is 17.4. The second-order valence-electron chi connectivity index (χ2n) is 7.48. The third-order valence-corrected chi connectivity index (χ3v) is 8.14. The van der Waals surface area contributed by atoms with Gasteiger partial charge in [-0.25, -0.2) is 17.8 Å². The van der Waals surface area contributed by atoms with Gasteiger partial charge in [0.2, 0.25) is 0 Å². The Morgan fingerprint density at radius 3 is 2.53 bits per heavy atom. The van der Waals surface area contributed by atoms with Crippen LogP contribution in [0.15, 0.2) is 71.9 Å². The van der Waals surface area contributed by atoms with Crippen LogP contribution in [-0.4, -0.2) is 29.5 Å². The molecule has 164 valence electrons. The summed E-state index contributed by atoms with van der Waals surface area (Å²) < 4.78 is 39.1. The first-order chi connectivity index (χ1) is 15.3. The van der Waals surface area contributed by atoms with Crippen molar-refractivity contribution in [2.24, 2.45) is 0 Å². The minimum atomic E-state index is -3.44. The molecule has 0 aliphatic heterocycles. The lowest BCUT2D eigenvalue weighted by Gasteiger charge is -2.20. The molecule has 0 saturated heterocycles. The largest absolute Gasteiger partial charge is 0.279 e. The van der Waals surface area contributed by atoms with Crippen LogP contribution < -0.4 is 4.90 Å². The summed E-state index contributed by atoms with van der Waals surface area (Å²) in [5.41, 5.74) is 1.71. The first kappa shape index (κ1) is 22.0. The van der Waals surface area contributed by atoms with Gasteiger partial charge in [-0.05, 0) is 67.9 Å². The number of rotatable bonds is 6. The van der Waals surface area contributed by atoms with Crippen LogP contribution in [0.1, 0.15) is 29.8 Å². The summed E-state index contributed by atoms with van der Waals surface area (Å²) in [5, 5.41) is -0.146. The third-order valence-electron chi connectivity index (χ3n) is 4.93. The molecule has 4 aromatic rings. The number of thiazole rings is 1. The first-order valence-electron chi connectivity index (χ1n) is 9.86. The highest BCUT2D eigenvalue weighted by molar-refractivity contribution is 7.92. The van der Waals surface area contributed by atoms with Crippen molar-refractivity contribution in [2.45, 2.75) is 30.5 Å². The Hall–Kier alpha value is -3.17. The Labute approximate surface area is 189 Å². The number of anilines is 1. The number of benzene rings is 2. The van der Waals surface area contributed by atoms with E-state index in [1.807, 2.05) is 6.07 Å². The fraction of sp³-hybridized carbons (Fsp3) is 0.174. The van der Waals surface area contributed by atoms with Crippen molar-refractivity contribution in [3.05, 3.63) is 83.9 Å². The van der Waals surface area contributed by atoms with Crippen LogP contribution in [0.2, 0.25) is 0 Å². The maximum absolute atomic E-state index is 13.6. The Morgan fingerprint density at radius 2 is 1.88 bits per heavy atom. The van der Waals surface area contributed by atoms with E-state index in [9.17, 15) is 17.6 Å². The fourth-order valence-corrected chi connectivity index (χ4v) is 5.17. The summed E-state index contributed by atoms with van der Waals surface area (Å²) in [7, 11) is -3.44. The van der Waals surface area contributed by atoms with Crippen molar-refractivity contribution >= 4 is 42.4 Å². The lowest BCUT2D eigenvalue weighted by molar-refractivity contribution is 0.0985. The van der Waals surface area contributed by atoms with E-state index in [0.717, 1.165) is 5.56 Å². The van der Waals surface area contributed by atoms with Gasteiger partial charge < -0.3 is 0 Å². The molecule has 0 aliphatic carbocycles. The van der Waals surface area contributed by atoms with Gasteiger partial charge in [-0.3, -0.25) is 14.7 Å². The molecule has 1 amide bonds. The summed E-state index contributed by atoms with van der Waals surface area (Å²) in [6.07, 6.45) is 3.30. The van der Waals surface area contributed by atoms with Gasteiger partial charge in [0.1, 0.15) is 5.82 Å². The molecular formula is C23H20FN3O3S2. The van der Waals surface area contributed by atoms with Gasteiger partial charge in [-0.15, -0.1) is 0 Å². The molecule has 0 N–H and O–H groups in total. The van der Waals surface area contributed by atoms with Crippen LogP contribution in [0, 0.1) is 5.82 Å². The van der Waals surface area contributed by atoms with Gasteiger partial charge in [0.05, 0.1) is 26.9 Å². The van der Waals surface area contributed by atoms with Crippen LogP contribution in [0.25, 0.3) is 10.2 Å². The van der Waals surface area contributed by atoms with Gasteiger partial charge in [-0.2, -0.15) is 0 Å². The van der Waals surface area contributed by atoms with Crippen molar-refractivity contribution in [3.8, 4) is 0 Å². The van der Waals surface area contributed by atoms with Crippen LogP contribution in [0.5, 0.6) is 0 Å². The highest BCUT2D eigenvalue weighted by Gasteiger charge is 2.24. The number of sulfone groups is 1. The molecule has 0 unspecified atom stereocenters. The number of amides is 1. The summed E-state index contributed by atoms with van der Waals surface area (Å²) >= 11 is 1.21. The molecule has 0 fully saturated rings. The molecule has 2 heterocycles. The molecule has 6 nitrogen and oxygen atoms in total. The number of halogens is 1. The number of pyridine rings is 1. The highest BCUT2D eigenvalue weighted by Crippen LogP contribution is 2.31. The monoisotopic (exact) mass is 469 g/mol. The first-order valence-corrected chi connectivity index (χ1v) is 12.2. The SMILES string of the molecule is CC(C)S(=O)(=O)c1ccc(C(=O)N(Cc2cccnc2)c2nc3ccc(F)cc3s2)cc1. The maximum atomic E-state index is 13.6. The van der Waals surface area contributed by atoms with Gasteiger partial charge in [-0.1, -0.05) is 17.4 Å². The van der Waals surface area contributed by atoms with E-state index in [1.165, 1.54) is 52.6 Å². The van der Waals surface area contributed by atoms with Crippen molar-refractivity contribution in [1.29, 1.82) is 0 Å². The molecule has 0 saturated carbocycles. The Morgan fingerprint density at radius 1 is 1.12 bits per heavy atom. The zero-order chi connectivity index (χ0) is 22.9. The van der Waals surface area contributed by atoms with E-state index in [2.05, 4.69) is 9.97 Å². The van der Waals surface area contributed by atoms with Crippen molar-refractivity contribution in [1.82, 2.24) is 9.97 Å². The fourth-order valence-electron chi connectivity index (χ4n) is 3.12. The lowest BCUT2D eigenvalue weighted by Crippen LogP contribution is -2.30. The second-order valence-corrected chi connectivity index (χ2v) is 11.0. The minimum Gasteiger partial charge on any atom is -0.279 e. The van der Waals surface area contributed by atoms with Gasteiger partial charge in [0, 0.05) is 18.0 Å². The lowest BCUT2D eigenvalue weighted by atomic mass is 10.2. The molecule has 0 radical (unpaired) electrons. The third kappa shape index (κ3) is 4.39. The minimum absolute atomic E-state index is 0.165. The normalized spacial score (nSPS) is 11.8. The van der Waals surface area contributed by atoms with Crippen molar-refractivity contribution in [3.63, 3.8) is 0 Å². The number of carbonyl (C=O) groups is 1. The van der Waals surface area contributed by atoms with E-state index in [0.29, 0.717) is 20.9 Å². The number of nitrogens with zero attached hydrogens (tertiary/aromatic N) is 3. The number of fused-ring (bicyclic) bond motifs is 1. The van der Waals surface area contributed by atoms with Gasteiger partial charge in [0.25, 0.3) is 5.91 Å². The van der Waals surface area contributed by atoms with E-state index in [1.54, 1.807) is 38.4 Å². The van der Waals surface area contributed by atoms with E-state index >= 15 is 0 Å². The molecule has 32 heavy (non-hydrogen) atoms. The molecule has 4 rings (SSSR count). The molecule has 0 aliphatic rings. The number of hydrogen-bond acceptors (Lipinski definition) is 6. The van der Waals surface area contributed by atoms with E-state index < -0.39 is 15.1 Å². The van der Waals surface area contributed by atoms with E-state index in [-0.39, 0.29) is 23.2 Å². The standard InChI is InChI=1S/C23H20FN3O3S2/c1-15(2)32(29,30)19-8-5-17(6-9-19)22(28)27(14-16-4-3-11-25-13-16)23-26-20-10-7-18(24)12-21(20)31-23/h3-13,15H,14H2,1-2H3. The Kier molecular flexibility index (Phi) is 6.03. The number of carbonyl (C=O) groups excluding carboxylic acids is 1. The highest BCUT2D eigenvalue weighted by atomic mass is 32.2. The average molecular weight is 470 g/mol. The molecule has 2 aromatic carbocycles. The average Bonchev–Trinajstić information content (AvgIpc) is 3.20. The molecule has 0 spiro atoms. The zero-order valence-corrected chi connectivity index (χ0v) is 19.0. The summed E-state index contributed by atoms with van der Waals surface area (Å²) in [6.45, 7) is 3.43. The Balaban J connectivity index is 1.73. The maximum Gasteiger partial charge on any atom is 0.260 e. The van der Waals surface area contributed by atoms with Crippen LogP contribution in [0.4, 0.5) is 9.52 Å². The summed E-state index contributed by atoms with van der Waals surface area (Å²) in [4.78, 5) is 23.7. The van der Waals surface area contributed by atoms with Crippen LogP contribution in [0.3, 0.4) is 0 Å². The molecule has 0 bridgehead atoms. The predicted octanol–water partition coefficient (Wildman–Crippen LogP) is 4.86. The molecular weight excluding hydrogens is 449 g/mol. The van der Waals surface area contributed by atoms with Crippen LogP contribution >= 0.6 is 11.3 Å².